The van der Waals surface area contributed by atoms with Gasteiger partial charge in [0, 0.05) is 19.1 Å². The lowest BCUT2D eigenvalue weighted by Crippen LogP contribution is -2.43. The van der Waals surface area contributed by atoms with Crippen molar-refractivity contribution in [1.82, 2.24) is 10.2 Å². The smallest absolute Gasteiger partial charge is 0.410 e. The highest BCUT2D eigenvalue weighted by Crippen LogP contribution is 2.21. The van der Waals surface area contributed by atoms with Crippen molar-refractivity contribution in [1.29, 1.82) is 0 Å². The van der Waals surface area contributed by atoms with Gasteiger partial charge in [0.25, 0.3) is 0 Å². The number of rotatable bonds is 5. The van der Waals surface area contributed by atoms with Gasteiger partial charge in [-0.2, -0.15) is 0 Å². The van der Waals surface area contributed by atoms with Crippen LogP contribution in [0.2, 0.25) is 0 Å². The molecule has 1 aliphatic carbocycles. The number of carbonyl (C=O) groups is 1. The molecule has 0 spiro atoms. The Bertz CT molecular complexity index is 465. The first-order valence-electron chi connectivity index (χ1n) is 8.50. The predicted molar refractivity (Wildman–Crippen MR) is 86.6 cm³/mol. The maximum absolute atomic E-state index is 12.1. The minimum Gasteiger partial charge on any atom is -0.445 e. The van der Waals surface area contributed by atoms with Crippen molar-refractivity contribution in [2.24, 2.45) is 5.92 Å². The van der Waals surface area contributed by atoms with Gasteiger partial charge in [-0.25, -0.2) is 4.79 Å². The number of benzene rings is 1. The van der Waals surface area contributed by atoms with Crippen molar-refractivity contribution in [3.05, 3.63) is 35.9 Å². The van der Waals surface area contributed by atoms with E-state index in [1.165, 1.54) is 19.3 Å². The third-order valence-corrected chi connectivity index (χ3v) is 4.88. The second kappa shape index (κ2) is 7.63. The van der Waals surface area contributed by atoms with E-state index >= 15 is 0 Å². The third-order valence-electron chi connectivity index (χ3n) is 4.88. The van der Waals surface area contributed by atoms with Crippen LogP contribution in [-0.2, 0) is 11.3 Å². The Labute approximate surface area is 132 Å². The molecule has 22 heavy (non-hydrogen) atoms. The molecule has 1 heterocycles. The second-order valence-corrected chi connectivity index (χ2v) is 6.51. The number of hydrogen-bond donors (Lipinski definition) is 1. The normalized spacial score (nSPS) is 19.7. The van der Waals surface area contributed by atoms with Gasteiger partial charge in [-0.3, -0.25) is 0 Å². The number of hydrogen-bond acceptors (Lipinski definition) is 3. The second-order valence-electron chi connectivity index (χ2n) is 6.51. The molecule has 3 rings (SSSR count). The summed E-state index contributed by atoms with van der Waals surface area (Å²) in [6.45, 7) is 3.12. The Kier molecular flexibility index (Phi) is 5.33. The summed E-state index contributed by atoms with van der Waals surface area (Å²) in [5.74, 6) is 0.707. The number of likely N-dealkylation sites (tertiary alicyclic amines) is 1. The molecule has 1 aliphatic heterocycles. The molecule has 1 saturated carbocycles. The van der Waals surface area contributed by atoms with Gasteiger partial charge < -0.3 is 15.0 Å². The SMILES string of the molecule is O=C(OCc1ccccc1)N1CCC(CNC2CCC2)CC1. The topological polar surface area (TPSA) is 41.6 Å². The highest BCUT2D eigenvalue weighted by Gasteiger charge is 2.25. The largest absolute Gasteiger partial charge is 0.445 e. The lowest BCUT2D eigenvalue weighted by atomic mass is 9.91. The van der Waals surface area contributed by atoms with E-state index in [2.05, 4.69) is 5.32 Å². The summed E-state index contributed by atoms with van der Waals surface area (Å²) in [7, 11) is 0. The molecule has 2 fully saturated rings. The minimum absolute atomic E-state index is 0.172. The molecule has 0 radical (unpaired) electrons. The molecule has 1 aromatic rings. The van der Waals surface area contributed by atoms with E-state index in [1.54, 1.807) is 0 Å². The average Bonchev–Trinajstić information content (AvgIpc) is 2.53. The van der Waals surface area contributed by atoms with Crippen molar-refractivity contribution < 1.29 is 9.53 Å². The van der Waals surface area contributed by atoms with Crippen LogP contribution in [0, 0.1) is 5.92 Å². The van der Waals surface area contributed by atoms with Crippen molar-refractivity contribution in [2.45, 2.75) is 44.8 Å². The molecule has 4 heteroatoms. The molecule has 4 nitrogen and oxygen atoms in total. The van der Waals surface area contributed by atoms with E-state index in [9.17, 15) is 4.79 Å². The molecule has 1 aromatic carbocycles. The Balaban J connectivity index is 1.34. The summed E-state index contributed by atoms with van der Waals surface area (Å²) >= 11 is 0. The van der Waals surface area contributed by atoms with E-state index in [0.29, 0.717) is 12.5 Å². The Morgan fingerprint density at radius 2 is 1.86 bits per heavy atom. The third kappa shape index (κ3) is 4.23. The number of nitrogens with one attached hydrogen (secondary N) is 1. The number of piperidine rings is 1. The van der Waals surface area contributed by atoms with Crippen LogP contribution in [0.5, 0.6) is 0 Å². The van der Waals surface area contributed by atoms with E-state index in [4.69, 9.17) is 4.74 Å². The van der Waals surface area contributed by atoms with Crippen LogP contribution < -0.4 is 5.32 Å². The molecule has 1 saturated heterocycles. The first kappa shape index (κ1) is 15.3. The van der Waals surface area contributed by atoms with E-state index < -0.39 is 0 Å². The van der Waals surface area contributed by atoms with E-state index in [0.717, 1.165) is 44.1 Å². The fourth-order valence-corrected chi connectivity index (χ4v) is 3.08. The van der Waals surface area contributed by atoms with Gasteiger partial charge in [-0.05, 0) is 43.7 Å². The first-order valence-corrected chi connectivity index (χ1v) is 8.50. The maximum Gasteiger partial charge on any atom is 0.410 e. The number of nitrogens with zero attached hydrogens (tertiary/aromatic N) is 1. The van der Waals surface area contributed by atoms with Gasteiger partial charge in [-0.1, -0.05) is 36.8 Å². The standard InChI is InChI=1S/C18H26N2O2/c21-18(22-14-16-5-2-1-3-6-16)20-11-9-15(10-12-20)13-19-17-7-4-8-17/h1-3,5-6,15,17,19H,4,7-14H2. The van der Waals surface area contributed by atoms with Gasteiger partial charge in [0.2, 0.25) is 0 Å². The number of carbonyl (C=O) groups excluding carboxylic acids is 1. The van der Waals surface area contributed by atoms with Gasteiger partial charge in [0.05, 0.1) is 0 Å². The highest BCUT2D eigenvalue weighted by molar-refractivity contribution is 5.67. The summed E-state index contributed by atoms with van der Waals surface area (Å²) in [5, 5.41) is 3.64. The quantitative estimate of drug-likeness (QED) is 0.908. The molecule has 0 aromatic heterocycles. The van der Waals surface area contributed by atoms with Crippen molar-refractivity contribution >= 4 is 6.09 Å². The summed E-state index contributed by atoms with van der Waals surface area (Å²) < 4.78 is 5.40. The van der Waals surface area contributed by atoms with Crippen molar-refractivity contribution in [2.75, 3.05) is 19.6 Å². The van der Waals surface area contributed by atoms with E-state index in [-0.39, 0.29) is 6.09 Å². The lowest BCUT2D eigenvalue weighted by Gasteiger charge is -2.34. The highest BCUT2D eigenvalue weighted by atomic mass is 16.6. The Morgan fingerprint density at radius 3 is 2.50 bits per heavy atom. The summed E-state index contributed by atoms with van der Waals surface area (Å²) in [6, 6.07) is 10.6. The van der Waals surface area contributed by atoms with Gasteiger partial charge in [-0.15, -0.1) is 0 Å². The average molecular weight is 302 g/mol. The summed E-state index contributed by atoms with van der Waals surface area (Å²) in [4.78, 5) is 13.9. The summed E-state index contributed by atoms with van der Waals surface area (Å²) in [5.41, 5.74) is 1.04. The van der Waals surface area contributed by atoms with Gasteiger partial charge >= 0.3 is 6.09 Å². The number of amides is 1. The number of ether oxygens (including phenoxy) is 1. The monoisotopic (exact) mass is 302 g/mol. The van der Waals surface area contributed by atoms with Crippen LogP contribution in [-0.4, -0.2) is 36.7 Å². The molecule has 0 bridgehead atoms. The molecule has 0 atom stereocenters. The van der Waals surface area contributed by atoms with E-state index in [1.807, 2.05) is 35.2 Å². The molecule has 120 valence electrons. The zero-order valence-corrected chi connectivity index (χ0v) is 13.2. The van der Waals surface area contributed by atoms with Crippen LogP contribution in [0.1, 0.15) is 37.7 Å². The Hall–Kier alpha value is -1.55. The Morgan fingerprint density at radius 1 is 1.14 bits per heavy atom. The molecular formula is C18H26N2O2. The van der Waals surface area contributed by atoms with Crippen LogP contribution >= 0.6 is 0 Å². The molecular weight excluding hydrogens is 276 g/mol. The van der Waals surface area contributed by atoms with Crippen LogP contribution in [0.3, 0.4) is 0 Å². The van der Waals surface area contributed by atoms with Gasteiger partial charge in [0.15, 0.2) is 0 Å². The predicted octanol–water partition coefficient (Wildman–Crippen LogP) is 3.18. The molecule has 1 amide bonds. The molecule has 1 N–H and O–H groups in total. The summed E-state index contributed by atoms with van der Waals surface area (Å²) in [6.07, 6.45) is 6.05. The fraction of sp³-hybridized carbons (Fsp3) is 0.611. The van der Waals surface area contributed by atoms with Gasteiger partial charge in [0.1, 0.15) is 6.61 Å². The molecule has 2 aliphatic rings. The van der Waals surface area contributed by atoms with Crippen LogP contribution in [0.4, 0.5) is 4.79 Å². The fourth-order valence-electron chi connectivity index (χ4n) is 3.08. The zero-order valence-electron chi connectivity index (χ0n) is 13.2. The van der Waals surface area contributed by atoms with Crippen molar-refractivity contribution in [3.8, 4) is 0 Å². The zero-order chi connectivity index (χ0) is 15.2. The molecule has 0 unspecified atom stereocenters. The maximum atomic E-state index is 12.1. The van der Waals surface area contributed by atoms with Crippen LogP contribution in [0.15, 0.2) is 30.3 Å². The van der Waals surface area contributed by atoms with Crippen molar-refractivity contribution in [3.63, 3.8) is 0 Å². The lowest BCUT2D eigenvalue weighted by molar-refractivity contribution is 0.0816. The van der Waals surface area contributed by atoms with Crippen LogP contribution in [0.25, 0.3) is 0 Å². The minimum atomic E-state index is -0.172. The first-order chi connectivity index (χ1) is 10.8.